The van der Waals surface area contributed by atoms with Gasteiger partial charge in [0, 0.05) is 6.54 Å². The van der Waals surface area contributed by atoms with Gasteiger partial charge in [-0.2, -0.15) is 0 Å². The normalized spacial score (nSPS) is 23.7. The van der Waals surface area contributed by atoms with Crippen LogP contribution in [0.15, 0.2) is 23.1 Å². The van der Waals surface area contributed by atoms with Crippen molar-refractivity contribution in [3.05, 3.63) is 24.0 Å². The summed E-state index contributed by atoms with van der Waals surface area (Å²) in [5.74, 6) is 0.142. The van der Waals surface area contributed by atoms with E-state index in [1.54, 1.807) is 0 Å². The van der Waals surface area contributed by atoms with Crippen LogP contribution in [0.25, 0.3) is 0 Å². The summed E-state index contributed by atoms with van der Waals surface area (Å²) in [6.45, 7) is 2.54. The van der Waals surface area contributed by atoms with Gasteiger partial charge in [0.05, 0.1) is 5.69 Å². The minimum atomic E-state index is -3.75. The van der Waals surface area contributed by atoms with Crippen molar-refractivity contribution < 1.29 is 12.8 Å². The number of benzene rings is 1. The lowest BCUT2D eigenvalue weighted by Gasteiger charge is -2.28. The van der Waals surface area contributed by atoms with E-state index in [1.165, 1.54) is 18.6 Å². The second kappa shape index (κ2) is 6.10. The molecule has 1 aliphatic rings. The molecule has 1 aromatic carbocycles. The van der Waals surface area contributed by atoms with E-state index < -0.39 is 15.8 Å². The largest absolute Gasteiger partial charge is 0.395 e. The Morgan fingerprint density at radius 2 is 2.05 bits per heavy atom. The van der Waals surface area contributed by atoms with Crippen LogP contribution in [-0.4, -0.2) is 15.0 Å². The zero-order valence-electron chi connectivity index (χ0n) is 11.6. The molecule has 0 saturated heterocycles. The number of rotatable bonds is 4. The Morgan fingerprint density at radius 3 is 2.75 bits per heavy atom. The average Bonchev–Trinajstić information content (AvgIpc) is 2.41. The first-order valence-electron chi connectivity index (χ1n) is 6.95. The van der Waals surface area contributed by atoms with Gasteiger partial charge in [-0.25, -0.2) is 17.5 Å². The highest BCUT2D eigenvalue weighted by Gasteiger charge is 2.25. The third kappa shape index (κ3) is 3.30. The zero-order chi connectivity index (χ0) is 14.8. The van der Waals surface area contributed by atoms with Crippen LogP contribution in [0.1, 0.15) is 32.6 Å². The van der Waals surface area contributed by atoms with Crippen molar-refractivity contribution in [2.24, 2.45) is 11.8 Å². The molecule has 1 aliphatic carbocycles. The van der Waals surface area contributed by atoms with E-state index in [2.05, 4.69) is 11.6 Å². The maximum atomic E-state index is 13.3. The van der Waals surface area contributed by atoms with Gasteiger partial charge in [0.1, 0.15) is 10.7 Å². The van der Waals surface area contributed by atoms with Crippen LogP contribution in [-0.2, 0) is 10.0 Å². The fourth-order valence-electron chi connectivity index (χ4n) is 2.74. The van der Waals surface area contributed by atoms with Crippen LogP contribution >= 0.6 is 0 Å². The second-order valence-electron chi connectivity index (χ2n) is 5.53. The minimum absolute atomic E-state index is 0.180. The number of hydrogen-bond donors (Lipinski definition) is 2. The first kappa shape index (κ1) is 15.3. The van der Waals surface area contributed by atoms with Crippen LogP contribution in [0.5, 0.6) is 0 Å². The third-order valence-electron chi connectivity index (χ3n) is 4.13. The van der Waals surface area contributed by atoms with Crippen molar-refractivity contribution in [2.75, 3.05) is 12.3 Å². The monoisotopic (exact) mass is 300 g/mol. The molecule has 1 fully saturated rings. The van der Waals surface area contributed by atoms with Crippen molar-refractivity contribution in [2.45, 2.75) is 37.5 Å². The summed E-state index contributed by atoms with van der Waals surface area (Å²) in [6.07, 6.45) is 4.51. The van der Waals surface area contributed by atoms with Crippen molar-refractivity contribution in [1.29, 1.82) is 0 Å². The Morgan fingerprint density at radius 1 is 1.35 bits per heavy atom. The number of nitrogens with one attached hydrogen (secondary N) is 1. The topological polar surface area (TPSA) is 72.2 Å². The van der Waals surface area contributed by atoms with E-state index in [0.29, 0.717) is 18.4 Å². The molecule has 2 rings (SSSR count). The fraction of sp³-hybridized carbons (Fsp3) is 0.571. The number of nitrogen functional groups attached to an aromatic ring is 1. The molecular weight excluding hydrogens is 279 g/mol. The average molecular weight is 300 g/mol. The molecule has 0 amide bonds. The third-order valence-corrected chi connectivity index (χ3v) is 5.61. The summed E-state index contributed by atoms with van der Waals surface area (Å²) in [4.78, 5) is -0.180. The van der Waals surface area contributed by atoms with Crippen molar-refractivity contribution in [3.8, 4) is 0 Å². The van der Waals surface area contributed by atoms with E-state index in [1.807, 2.05) is 0 Å². The van der Waals surface area contributed by atoms with Crippen LogP contribution in [0, 0.1) is 17.7 Å². The van der Waals surface area contributed by atoms with Gasteiger partial charge in [-0.05, 0) is 30.4 Å². The van der Waals surface area contributed by atoms with E-state index in [0.717, 1.165) is 25.3 Å². The highest BCUT2D eigenvalue weighted by Crippen LogP contribution is 2.29. The van der Waals surface area contributed by atoms with Crippen molar-refractivity contribution >= 4 is 15.7 Å². The molecule has 0 bridgehead atoms. The van der Waals surface area contributed by atoms with Gasteiger partial charge in [0.2, 0.25) is 10.0 Å². The van der Waals surface area contributed by atoms with Gasteiger partial charge in [-0.1, -0.05) is 32.3 Å². The van der Waals surface area contributed by atoms with Crippen molar-refractivity contribution in [1.82, 2.24) is 4.72 Å². The predicted octanol–water partition coefficient (Wildman–Crippen LogP) is 2.51. The van der Waals surface area contributed by atoms with Crippen LogP contribution in [0.3, 0.4) is 0 Å². The van der Waals surface area contributed by atoms with Gasteiger partial charge in [-0.3, -0.25) is 0 Å². The summed E-state index contributed by atoms with van der Waals surface area (Å²) in [5.41, 5.74) is 5.19. The molecule has 0 spiro atoms. The maximum absolute atomic E-state index is 13.3. The number of anilines is 1. The Hall–Kier alpha value is -1.14. The van der Waals surface area contributed by atoms with E-state index in [4.69, 9.17) is 5.73 Å². The molecule has 2 atom stereocenters. The minimum Gasteiger partial charge on any atom is -0.395 e. The summed E-state index contributed by atoms with van der Waals surface area (Å²) in [6, 6.07) is 3.83. The number of hydrogen-bond acceptors (Lipinski definition) is 3. The number of sulfonamides is 1. The molecule has 1 aromatic rings. The molecule has 112 valence electrons. The number of nitrogens with two attached hydrogens (primary N) is 1. The lowest BCUT2D eigenvalue weighted by molar-refractivity contribution is 0.257. The quantitative estimate of drug-likeness (QED) is 0.839. The molecule has 0 aromatic heterocycles. The maximum Gasteiger partial charge on any atom is 0.242 e. The van der Waals surface area contributed by atoms with Gasteiger partial charge >= 0.3 is 0 Å². The molecule has 3 N–H and O–H groups in total. The van der Waals surface area contributed by atoms with E-state index >= 15 is 0 Å². The zero-order valence-corrected chi connectivity index (χ0v) is 12.4. The van der Waals surface area contributed by atoms with Crippen LogP contribution in [0.4, 0.5) is 10.1 Å². The first-order chi connectivity index (χ1) is 9.42. The van der Waals surface area contributed by atoms with Crippen LogP contribution in [0.2, 0.25) is 0 Å². The number of halogens is 1. The molecule has 4 nitrogen and oxygen atoms in total. The SMILES string of the molecule is CC1CCCCC1CNS(=O)(=O)c1cccc(F)c1N. The summed E-state index contributed by atoms with van der Waals surface area (Å²) < 4.78 is 40.3. The second-order valence-corrected chi connectivity index (χ2v) is 7.26. The van der Waals surface area contributed by atoms with Crippen LogP contribution < -0.4 is 10.5 Å². The molecule has 0 radical (unpaired) electrons. The summed E-state index contributed by atoms with van der Waals surface area (Å²) >= 11 is 0. The van der Waals surface area contributed by atoms with Gasteiger partial charge in [0.25, 0.3) is 0 Å². The molecule has 20 heavy (non-hydrogen) atoms. The fourth-order valence-corrected chi connectivity index (χ4v) is 3.98. The molecule has 1 saturated carbocycles. The molecule has 0 heterocycles. The number of para-hydroxylation sites is 1. The molecule has 0 aliphatic heterocycles. The predicted molar refractivity (Wildman–Crippen MR) is 77.1 cm³/mol. The lowest BCUT2D eigenvalue weighted by Crippen LogP contribution is -2.33. The van der Waals surface area contributed by atoms with E-state index in [-0.39, 0.29) is 10.6 Å². The molecular formula is C14H21FN2O2S. The smallest absolute Gasteiger partial charge is 0.242 e. The Bertz CT molecular complexity index is 575. The Labute approximate surface area is 119 Å². The van der Waals surface area contributed by atoms with Crippen molar-refractivity contribution in [3.63, 3.8) is 0 Å². The first-order valence-corrected chi connectivity index (χ1v) is 8.44. The standard InChI is InChI=1S/C14H21FN2O2S/c1-10-5-2-3-6-11(10)9-17-20(18,19)13-8-4-7-12(15)14(13)16/h4,7-8,10-11,17H,2-3,5-6,9,16H2,1H3. The lowest BCUT2D eigenvalue weighted by atomic mass is 9.81. The highest BCUT2D eigenvalue weighted by atomic mass is 32.2. The molecule has 2 unspecified atom stereocenters. The Balaban J connectivity index is 2.09. The summed E-state index contributed by atoms with van der Waals surface area (Å²) in [7, 11) is -3.75. The van der Waals surface area contributed by atoms with Gasteiger partial charge in [0.15, 0.2) is 0 Å². The summed E-state index contributed by atoms with van der Waals surface area (Å²) in [5, 5.41) is 0. The Kier molecular flexibility index (Phi) is 4.65. The van der Waals surface area contributed by atoms with E-state index in [9.17, 15) is 12.8 Å². The highest BCUT2D eigenvalue weighted by molar-refractivity contribution is 7.89. The van der Waals surface area contributed by atoms with Gasteiger partial charge < -0.3 is 5.73 Å². The molecule has 6 heteroatoms. The van der Waals surface area contributed by atoms with Gasteiger partial charge in [-0.15, -0.1) is 0 Å².